The maximum Gasteiger partial charge on any atom is 0.292 e. The third-order valence-corrected chi connectivity index (χ3v) is 5.64. The first-order valence-electron chi connectivity index (χ1n) is 10.6. The molecule has 172 valence electrons. The van der Waals surface area contributed by atoms with Crippen molar-refractivity contribution in [2.24, 2.45) is 0 Å². The Bertz CT molecular complexity index is 1780. The van der Waals surface area contributed by atoms with Crippen molar-refractivity contribution >= 4 is 45.3 Å². The van der Waals surface area contributed by atoms with Crippen molar-refractivity contribution in [1.29, 1.82) is 0 Å². The number of hydrogen-bond acceptors (Lipinski definition) is 6. The van der Waals surface area contributed by atoms with Crippen LogP contribution in [0.1, 0.15) is 16.2 Å². The normalized spacial score (nSPS) is 11.4. The monoisotopic (exact) mass is 485 g/mol. The number of furan rings is 1. The first-order chi connectivity index (χ1) is 17.0. The smallest absolute Gasteiger partial charge is 0.292 e. The van der Waals surface area contributed by atoms with E-state index in [4.69, 9.17) is 16.0 Å². The lowest BCUT2D eigenvalue weighted by Gasteiger charge is -2.08. The van der Waals surface area contributed by atoms with Gasteiger partial charge in [0, 0.05) is 16.5 Å². The predicted octanol–water partition coefficient (Wildman–Crippen LogP) is 4.25. The quantitative estimate of drug-likeness (QED) is 0.384. The Morgan fingerprint density at radius 1 is 1.09 bits per heavy atom. The Labute approximate surface area is 201 Å². The fourth-order valence-electron chi connectivity index (χ4n) is 3.83. The van der Waals surface area contributed by atoms with E-state index in [2.05, 4.69) is 25.5 Å². The maximum atomic E-state index is 12.9. The molecule has 0 atom stereocenters. The van der Waals surface area contributed by atoms with Crippen LogP contribution in [0.15, 0.2) is 76.1 Å². The first-order valence-corrected chi connectivity index (χ1v) is 10.9. The van der Waals surface area contributed by atoms with Crippen molar-refractivity contribution in [2.75, 3.05) is 5.32 Å². The molecular formula is C24H16ClN7O3. The van der Waals surface area contributed by atoms with Crippen LogP contribution in [0.4, 0.5) is 5.82 Å². The number of nitrogens with one attached hydrogen (secondary N) is 2. The molecule has 6 rings (SSSR count). The fraction of sp³-hybridized carbons (Fsp3) is 0.0417. The second-order valence-corrected chi connectivity index (χ2v) is 8.28. The summed E-state index contributed by atoms with van der Waals surface area (Å²) in [6.45, 7) is 1.76. The fourth-order valence-corrected chi connectivity index (χ4v) is 4.01. The van der Waals surface area contributed by atoms with Gasteiger partial charge in [0.15, 0.2) is 11.4 Å². The van der Waals surface area contributed by atoms with Gasteiger partial charge in [-0.3, -0.25) is 14.6 Å². The molecule has 2 aromatic carbocycles. The molecule has 4 heterocycles. The van der Waals surface area contributed by atoms with E-state index in [0.29, 0.717) is 38.8 Å². The Hall–Kier alpha value is -4.70. The maximum absolute atomic E-state index is 12.9. The average Bonchev–Trinajstić information content (AvgIpc) is 3.55. The molecule has 0 radical (unpaired) electrons. The molecular weight excluding hydrogens is 470 g/mol. The first kappa shape index (κ1) is 20.9. The number of hydrogen-bond donors (Lipinski definition) is 2. The van der Waals surface area contributed by atoms with E-state index in [9.17, 15) is 9.59 Å². The molecule has 0 saturated carbocycles. The van der Waals surface area contributed by atoms with E-state index >= 15 is 0 Å². The van der Waals surface area contributed by atoms with Gasteiger partial charge in [0.05, 0.1) is 17.6 Å². The molecule has 11 heteroatoms. The molecule has 0 spiro atoms. The van der Waals surface area contributed by atoms with Crippen LogP contribution in [0.3, 0.4) is 0 Å². The molecule has 2 N–H and O–H groups in total. The molecule has 6 aromatic rings. The number of aromatic nitrogens is 6. The summed E-state index contributed by atoms with van der Waals surface area (Å²) >= 11 is 6.13. The summed E-state index contributed by atoms with van der Waals surface area (Å²) in [7, 11) is 0. The largest absolute Gasteiger partial charge is 0.451 e. The molecule has 1 amide bonds. The Balaban J connectivity index is 1.42. The van der Waals surface area contributed by atoms with Crippen molar-refractivity contribution in [3.05, 3.63) is 93.7 Å². The lowest BCUT2D eigenvalue weighted by atomic mass is 10.2. The third kappa shape index (κ3) is 3.65. The molecule has 4 aromatic heterocycles. The summed E-state index contributed by atoms with van der Waals surface area (Å²) in [5.41, 5.74) is 1.77. The molecule has 0 aliphatic rings. The van der Waals surface area contributed by atoms with E-state index in [1.807, 2.05) is 18.2 Å². The second-order valence-electron chi connectivity index (χ2n) is 7.85. The van der Waals surface area contributed by atoms with E-state index in [-0.39, 0.29) is 11.7 Å². The Kier molecular flexibility index (Phi) is 4.75. The number of anilines is 1. The average molecular weight is 486 g/mol. The lowest BCUT2D eigenvalue weighted by Crippen LogP contribution is -2.19. The van der Waals surface area contributed by atoms with Crippen LogP contribution in [0.25, 0.3) is 33.6 Å². The molecule has 0 saturated heterocycles. The van der Waals surface area contributed by atoms with Crippen molar-refractivity contribution < 1.29 is 9.21 Å². The van der Waals surface area contributed by atoms with E-state index < -0.39 is 11.5 Å². The summed E-state index contributed by atoms with van der Waals surface area (Å²) in [5, 5.41) is 13.1. The summed E-state index contributed by atoms with van der Waals surface area (Å²) < 4.78 is 8.53. The van der Waals surface area contributed by atoms with Gasteiger partial charge in [-0.15, -0.1) is 0 Å². The number of rotatable bonds is 4. The van der Waals surface area contributed by atoms with Crippen LogP contribution in [0.2, 0.25) is 5.02 Å². The number of halogens is 1. The van der Waals surface area contributed by atoms with Crippen molar-refractivity contribution in [3.63, 3.8) is 0 Å². The highest BCUT2D eigenvalue weighted by atomic mass is 35.5. The van der Waals surface area contributed by atoms with Gasteiger partial charge < -0.3 is 9.73 Å². The SMILES string of the molecule is Cc1cc(NC(=O)c2cc3ccccc3o2)n(-c2nc3c(cnn3-c3cccc(Cl)c3)c(=O)[nH]2)n1. The summed E-state index contributed by atoms with van der Waals surface area (Å²) in [6, 6.07) is 17.7. The van der Waals surface area contributed by atoms with Crippen LogP contribution < -0.4 is 10.9 Å². The minimum Gasteiger partial charge on any atom is -0.451 e. The molecule has 0 aliphatic carbocycles. The third-order valence-electron chi connectivity index (χ3n) is 5.40. The molecule has 0 bridgehead atoms. The number of carbonyl (C=O) groups is 1. The molecule has 35 heavy (non-hydrogen) atoms. The highest BCUT2D eigenvalue weighted by Gasteiger charge is 2.19. The summed E-state index contributed by atoms with van der Waals surface area (Å²) in [6.07, 6.45) is 1.43. The minimum atomic E-state index is -0.463. The standard InChI is InChI=1S/C24H16ClN7O3/c1-13-9-20(27-23(34)19-10-14-5-2-3-8-18(14)35-19)32(30-13)24-28-21-17(22(33)29-24)12-26-31(21)16-7-4-6-15(25)11-16/h2-12H,1H3,(H,27,34)(H,28,29,33). The number of aryl methyl sites for hydroxylation is 1. The van der Waals surface area contributed by atoms with E-state index in [1.54, 1.807) is 49.4 Å². The van der Waals surface area contributed by atoms with E-state index in [0.717, 1.165) is 5.39 Å². The topological polar surface area (TPSA) is 124 Å². The number of H-pyrrole nitrogens is 1. The van der Waals surface area contributed by atoms with Gasteiger partial charge in [0.25, 0.3) is 11.5 Å². The zero-order valence-electron chi connectivity index (χ0n) is 18.2. The number of carbonyl (C=O) groups excluding carboxylic acids is 1. The van der Waals surface area contributed by atoms with Gasteiger partial charge in [0.1, 0.15) is 16.8 Å². The van der Waals surface area contributed by atoms with Gasteiger partial charge >= 0.3 is 0 Å². The van der Waals surface area contributed by atoms with Gasteiger partial charge in [-0.2, -0.15) is 19.9 Å². The Morgan fingerprint density at radius 3 is 2.77 bits per heavy atom. The van der Waals surface area contributed by atoms with Crippen LogP contribution >= 0.6 is 11.6 Å². The number of aromatic amines is 1. The highest BCUT2D eigenvalue weighted by Crippen LogP contribution is 2.22. The van der Waals surface area contributed by atoms with E-state index in [1.165, 1.54) is 15.6 Å². The van der Waals surface area contributed by atoms with Gasteiger partial charge in [0.2, 0.25) is 5.95 Å². The molecule has 0 fully saturated rings. The van der Waals surface area contributed by atoms with Gasteiger partial charge in [-0.25, -0.2) is 4.68 Å². The minimum absolute atomic E-state index is 0.110. The van der Waals surface area contributed by atoms with Crippen molar-refractivity contribution in [1.82, 2.24) is 29.5 Å². The number of benzene rings is 2. The van der Waals surface area contributed by atoms with Crippen molar-refractivity contribution in [3.8, 4) is 11.6 Å². The predicted molar refractivity (Wildman–Crippen MR) is 131 cm³/mol. The number of amides is 1. The summed E-state index contributed by atoms with van der Waals surface area (Å²) in [5.74, 6) is 0.103. The number of fused-ring (bicyclic) bond motifs is 2. The molecule has 10 nitrogen and oxygen atoms in total. The highest BCUT2D eigenvalue weighted by molar-refractivity contribution is 6.30. The van der Waals surface area contributed by atoms with Crippen molar-refractivity contribution in [2.45, 2.75) is 6.92 Å². The lowest BCUT2D eigenvalue weighted by molar-refractivity contribution is 0.0998. The number of nitrogens with zero attached hydrogens (tertiary/aromatic N) is 5. The van der Waals surface area contributed by atoms with Gasteiger partial charge in [-0.1, -0.05) is 35.9 Å². The molecule has 0 aliphatic heterocycles. The number of para-hydroxylation sites is 1. The molecule has 0 unspecified atom stereocenters. The van der Waals surface area contributed by atoms with Crippen LogP contribution in [-0.4, -0.2) is 35.4 Å². The van der Waals surface area contributed by atoms with Crippen LogP contribution in [0.5, 0.6) is 0 Å². The Morgan fingerprint density at radius 2 is 1.94 bits per heavy atom. The van der Waals surface area contributed by atoms with Crippen LogP contribution in [-0.2, 0) is 0 Å². The van der Waals surface area contributed by atoms with Crippen LogP contribution in [0, 0.1) is 6.92 Å². The zero-order chi connectivity index (χ0) is 24.1. The zero-order valence-corrected chi connectivity index (χ0v) is 18.9. The second kappa shape index (κ2) is 7.96. The summed E-state index contributed by atoms with van der Waals surface area (Å²) in [4.78, 5) is 33.0. The van der Waals surface area contributed by atoms with Gasteiger partial charge in [-0.05, 0) is 37.3 Å².